The van der Waals surface area contributed by atoms with Crippen molar-refractivity contribution in [1.29, 1.82) is 5.41 Å². The van der Waals surface area contributed by atoms with Crippen molar-refractivity contribution in [1.82, 2.24) is 9.88 Å². The number of nitrogens with zero attached hydrogens (tertiary/aromatic N) is 2. The number of hydrogen-bond donors (Lipinski definition) is 2. The second kappa shape index (κ2) is 5.99. The molecule has 1 aliphatic rings. The fourth-order valence-electron chi connectivity index (χ4n) is 2.17. The third-order valence-electron chi connectivity index (χ3n) is 3.10. The van der Waals surface area contributed by atoms with Gasteiger partial charge in [-0.05, 0) is 6.92 Å². The summed E-state index contributed by atoms with van der Waals surface area (Å²) in [5, 5.41) is 7.45. The molecular weight excluding hydrogens is 244 g/mol. The maximum absolute atomic E-state index is 7.45. The average Bonchev–Trinajstić information content (AvgIpc) is 2.38. The number of amidine groups is 1. The summed E-state index contributed by atoms with van der Waals surface area (Å²) in [6.45, 7) is 4.71. The van der Waals surface area contributed by atoms with Gasteiger partial charge in [0.1, 0.15) is 17.7 Å². The number of rotatable bonds is 4. The number of methoxy groups -OCH3 is 1. The van der Waals surface area contributed by atoms with E-state index in [0.717, 1.165) is 23.7 Å². The van der Waals surface area contributed by atoms with Crippen molar-refractivity contribution < 1.29 is 9.47 Å². The molecule has 1 aromatic heterocycles. The Kier molecular flexibility index (Phi) is 4.34. The third kappa shape index (κ3) is 3.65. The quantitative estimate of drug-likeness (QED) is 0.612. The zero-order valence-corrected chi connectivity index (χ0v) is 11.3. The van der Waals surface area contributed by atoms with Gasteiger partial charge in [0.25, 0.3) is 0 Å². The van der Waals surface area contributed by atoms with E-state index in [4.69, 9.17) is 20.6 Å². The summed E-state index contributed by atoms with van der Waals surface area (Å²) in [6.07, 6.45) is -0.305. The van der Waals surface area contributed by atoms with Gasteiger partial charge in [0.2, 0.25) is 0 Å². The van der Waals surface area contributed by atoms with Crippen molar-refractivity contribution in [3.8, 4) is 5.75 Å². The van der Waals surface area contributed by atoms with Crippen molar-refractivity contribution in [3.63, 3.8) is 0 Å². The Hall–Kier alpha value is -1.66. The van der Waals surface area contributed by atoms with Crippen LogP contribution in [0.4, 0.5) is 0 Å². The van der Waals surface area contributed by atoms with Gasteiger partial charge >= 0.3 is 0 Å². The van der Waals surface area contributed by atoms with Crippen molar-refractivity contribution in [2.45, 2.75) is 19.6 Å². The fourth-order valence-corrected chi connectivity index (χ4v) is 2.17. The highest BCUT2D eigenvalue weighted by Gasteiger charge is 2.23. The highest BCUT2D eigenvalue weighted by molar-refractivity contribution is 5.82. The van der Waals surface area contributed by atoms with Crippen LogP contribution in [0, 0.1) is 12.3 Å². The van der Waals surface area contributed by atoms with Gasteiger partial charge < -0.3 is 15.2 Å². The molecule has 0 bridgehead atoms. The summed E-state index contributed by atoms with van der Waals surface area (Å²) in [5.41, 5.74) is 7.38. The first-order chi connectivity index (χ1) is 9.08. The number of aromatic nitrogens is 1. The van der Waals surface area contributed by atoms with Crippen LogP contribution < -0.4 is 10.5 Å². The number of morpholine rings is 1. The summed E-state index contributed by atoms with van der Waals surface area (Å²) in [4.78, 5) is 6.69. The van der Waals surface area contributed by atoms with Crippen LogP contribution in [0.5, 0.6) is 5.75 Å². The Morgan fingerprint density at radius 3 is 3.11 bits per heavy atom. The SMILES string of the molecule is COc1cc(C)nc(CN2CCOC(C(=N)N)C2)c1. The molecule has 104 valence electrons. The number of nitrogens with two attached hydrogens (primary N) is 1. The Bertz CT molecular complexity index is 464. The summed E-state index contributed by atoms with van der Waals surface area (Å²) >= 11 is 0. The Balaban J connectivity index is 2.04. The van der Waals surface area contributed by atoms with Gasteiger partial charge in [0.15, 0.2) is 0 Å². The maximum atomic E-state index is 7.45. The molecule has 1 atom stereocenters. The molecule has 6 heteroatoms. The molecule has 3 N–H and O–H groups in total. The standard InChI is InChI=1S/C13H20N4O2/c1-9-5-11(18-2)6-10(16-9)7-17-3-4-19-12(8-17)13(14)15/h5-6,12H,3-4,7-8H2,1-2H3,(H3,14,15). The van der Waals surface area contributed by atoms with Crippen molar-refractivity contribution >= 4 is 5.84 Å². The van der Waals surface area contributed by atoms with Crippen LogP contribution >= 0.6 is 0 Å². The zero-order chi connectivity index (χ0) is 13.8. The van der Waals surface area contributed by atoms with Crippen molar-refractivity contribution in [3.05, 3.63) is 23.5 Å². The van der Waals surface area contributed by atoms with Crippen LogP contribution in [0.1, 0.15) is 11.4 Å². The molecule has 0 saturated carbocycles. The van der Waals surface area contributed by atoms with E-state index in [1.165, 1.54) is 0 Å². The molecule has 2 rings (SSSR count). The monoisotopic (exact) mass is 264 g/mol. The largest absolute Gasteiger partial charge is 0.497 e. The first-order valence-electron chi connectivity index (χ1n) is 6.28. The minimum Gasteiger partial charge on any atom is -0.497 e. The first-order valence-corrected chi connectivity index (χ1v) is 6.28. The van der Waals surface area contributed by atoms with Gasteiger partial charge in [0.05, 0.1) is 19.4 Å². The van der Waals surface area contributed by atoms with E-state index in [9.17, 15) is 0 Å². The van der Waals surface area contributed by atoms with Gasteiger partial charge in [-0.2, -0.15) is 0 Å². The average molecular weight is 264 g/mol. The van der Waals surface area contributed by atoms with Crippen molar-refractivity contribution in [2.24, 2.45) is 5.73 Å². The second-order valence-corrected chi connectivity index (χ2v) is 4.69. The lowest BCUT2D eigenvalue weighted by molar-refractivity contribution is 0.00189. The third-order valence-corrected chi connectivity index (χ3v) is 3.10. The van der Waals surface area contributed by atoms with Crippen LogP contribution in [0.25, 0.3) is 0 Å². The van der Waals surface area contributed by atoms with Crippen molar-refractivity contribution in [2.75, 3.05) is 26.8 Å². The molecule has 1 saturated heterocycles. The Labute approximate surface area is 113 Å². The van der Waals surface area contributed by atoms with E-state index in [-0.39, 0.29) is 11.9 Å². The summed E-state index contributed by atoms with van der Waals surface area (Å²) in [6, 6.07) is 3.84. The topological polar surface area (TPSA) is 84.5 Å². The van der Waals surface area contributed by atoms with Gasteiger partial charge in [-0.15, -0.1) is 0 Å². The second-order valence-electron chi connectivity index (χ2n) is 4.69. The van der Waals surface area contributed by atoms with Gasteiger partial charge in [-0.1, -0.05) is 0 Å². The van der Waals surface area contributed by atoms with E-state index < -0.39 is 0 Å². The number of hydrogen-bond acceptors (Lipinski definition) is 5. The van der Waals surface area contributed by atoms with Crippen LogP contribution in [0.15, 0.2) is 12.1 Å². The summed E-state index contributed by atoms with van der Waals surface area (Å²) in [5.74, 6) is 0.901. The predicted molar refractivity (Wildman–Crippen MR) is 72.5 cm³/mol. The maximum Gasteiger partial charge on any atom is 0.127 e. The van der Waals surface area contributed by atoms with Gasteiger partial charge in [-0.3, -0.25) is 15.3 Å². The molecule has 2 heterocycles. The Morgan fingerprint density at radius 1 is 1.63 bits per heavy atom. The molecule has 19 heavy (non-hydrogen) atoms. The molecule has 1 aliphatic heterocycles. The number of aryl methyl sites for hydroxylation is 1. The normalized spacial score (nSPS) is 20.2. The fraction of sp³-hybridized carbons (Fsp3) is 0.538. The summed E-state index contributed by atoms with van der Waals surface area (Å²) in [7, 11) is 1.65. The molecule has 6 nitrogen and oxygen atoms in total. The highest BCUT2D eigenvalue weighted by Crippen LogP contribution is 2.16. The molecule has 1 unspecified atom stereocenters. The van der Waals surface area contributed by atoms with E-state index in [0.29, 0.717) is 19.7 Å². The van der Waals surface area contributed by atoms with E-state index in [1.807, 2.05) is 19.1 Å². The van der Waals surface area contributed by atoms with E-state index in [2.05, 4.69) is 9.88 Å². The lowest BCUT2D eigenvalue weighted by Crippen LogP contribution is -2.47. The predicted octanol–water partition coefficient (Wildman–Crippen LogP) is 0.535. The molecular formula is C13H20N4O2. The van der Waals surface area contributed by atoms with Gasteiger partial charge in [-0.25, -0.2) is 0 Å². The zero-order valence-electron chi connectivity index (χ0n) is 11.3. The molecule has 0 aliphatic carbocycles. The lowest BCUT2D eigenvalue weighted by atomic mass is 10.2. The molecule has 1 fully saturated rings. The van der Waals surface area contributed by atoms with Crippen LogP contribution in [-0.4, -0.2) is 48.6 Å². The molecule has 0 amide bonds. The first kappa shape index (κ1) is 13.8. The van der Waals surface area contributed by atoms with E-state index >= 15 is 0 Å². The van der Waals surface area contributed by atoms with Gasteiger partial charge in [0, 0.05) is 37.5 Å². The van der Waals surface area contributed by atoms with Crippen LogP contribution in [-0.2, 0) is 11.3 Å². The molecule has 0 aromatic carbocycles. The molecule has 0 radical (unpaired) electrons. The minimum absolute atomic E-state index is 0.0829. The Morgan fingerprint density at radius 2 is 2.42 bits per heavy atom. The highest BCUT2D eigenvalue weighted by atomic mass is 16.5. The smallest absolute Gasteiger partial charge is 0.127 e. The molecule has 1 aromatic rings. The molecule has 0 spiro atoms. The summed E-state index contributed by atoms with van der Waals surface area (Å²) < 4.78 is 10.7. The van der Waals surface area contributed by atoms with Crippen LogP contribution in [0.2, 0.25) is 0 Å². The number of pyridine rings is 1. The lowest BCUT2D eigenvalue weighted by Gasteiger charge is -2.32. The van der Waals surface area contributed by atoms with E-state index in [1.54, 1.807) is 7.11 Å². The van der Waals surface area contributed by atoms with Crippen LogP contribution in [0.3, 0.4) is 0 Å². The number of nitrogens with one attached hydrogen (secondary N) is 1. The number of ether oxygens (including phenoxy) is 2. The minimum atomic E-state index is -0.305.